The predicted octanol–water partition coefficient (Wildman–Crippen LogP) is 0.117. The lowest BCUT2D eigenvalue weighted by molar-refractivity contribution is -0.136. The van der Waals surface area contributed by atoms with Crippen LogP contribution in [0.2, 0.25) is 0 Å². The van der Waals surface area contributed by atoms with E-state index in [0.717, 1.165) is 25.2 Å². The van der Waals surface area contributed by atoms with Gasteiger partial charge >= 0.3 is 5.97 Å². The van der Waals surface area contributed by atoms with E-state index in [0.29, 0.717) is 25.4 Å². The van der Waals surface area contributed by atoms with Gasteiger partial charge in [0, 0.05) is 58.2 Å². The normalized spacial score (nSPS) is 16.0. The van der Waals surface area contributed by atoms with Crippen LogP contribution in [-0.2, 0) is 14.3 Å². The maximum Gasteiger partial charge on any atom is 0.311 e. The van der Waals surface area contributed by atoms with Crippen LogP contribution in [0.3, 0.4) is 0 Å². The van der Waals surface area contributed by atoms with Crippen molar-refractivity contribution in [1.82, 2.24) is 16.0 Å². The van der Waals surface area contributed by atoms with Gasteiger partial charge in [-0.1, -0.05) is 6.07 Å². The number of carbonyl (C=O) groups excluding carboxylic acids is 2. The lowest BCUT2D eigenvalue weighted by Gasteiger charge is -2.24. The van der Waals surface area contributed by atoms with Crippen LogP contribution in [0.4, 0.5) is 0 Å². The molecule has 2 rings (SSSR count). The molecule has 1 aliphatic rings. The number of aromatic hydroxyl groups is 1. The highest BCUT2D eigenvalue weighted by Gasteiger charge is 2.29. The minimum Gasteiger partial charge on any atom is -0.508 e. The van der Waals surface area contributed by atoms with Gasteiger partial charge in [0.25, 0.3) is 0 Å². The number of fused-ring (bicyclic) bond motifs is 1. The molecule has 0 saturated heterocycles. The molecule has 0 saturated carbocycles. The first-order valence-corrected chi connectivity index (χ1v) is 8.81. The molecule has 1 unspecified atom stereocenters. The summed E-state index contributed by atoms with van der Waals surface area (Å²) in [6, 6.07) is 4.64. The largest absolute Gasteiger partial charge is 0.508 e. The summed E-state index contributed by atoms with van der Waals surface area (Å²) in [7, 11) is 1.67. The van der Waals surface area contributed by atoms with Crippen LogP contribution in [0, 0.1) is 0 Å². The number of hydrogen-bond acceptors (Lipinski definition) is 7. The summed E-state index contributed by atoms with van der Waals surface area (Å²) in [6.07, 6.45) is 0.377. The monoisotopic (exact) mass is 365 g/mol. The van der Waals surface area contributed by atoms with E-state index in [9.17, 15) is 14.7 Å². The van der Waals surface area contributed by atoms with Crippen LogP contribution in [0.5, 0.6) is 11.5 Å². The first-order valence-electron chi connectivity index (χ1n) is 8.81. The molecule has 1 amide bonds. The van der Waals surface area contributed by atoms with Crippen molar-refractivity contribution < 1.29 is 24.2 Å². The maximum absolute atomic E-state index is 12.1. The SMILES string of the molecule is COCCNCCNCCNC(=O)CC1CC(=O)Oc2cc(O)ccc21. The van der Waals surface area contributed by atoms with Crippen LogP contribution in [-0.4, -0.2) is 63.4 Å². The zero-order chi connectivity index (χ0) is 18.8. The number of ether oxygens (including phenoxy) is 2. The standard InChI is InChI=1S/C18H27N3O5/c1-25-9-8-20-5-4-19-6-7-21-17(23)10-13-11-18(24)26-16-12-14(22)2-3-15(13)16/h2-3,12-13,19-20,22H,4-11H2,1H3,(H,21,23). The van der Waals surface area contributed by atoms with Crippen molar-refractivity contribution in [3.8, 4) is 11.5 Å². The molecule has 1 heterocycles. The molecule has 0 radical (unpaired) electrons. The molecule has 8 heteroatoms. The average Bonchev–Trinajstić information content (AvgIpc) is 2.59. The molecule has 1 aromatic rings. The number of rotatable bonds is 11. The van der Waals surface area contributed by atoms with E-state index in [2.05, 4.69) is 16.0 Å². The lowest BCUT2D eigenvalue weighted by Crippen LogP contribution is -2.36. The second kappa shape index (κ2) is 10.7. The Morgan fingerprint density at radius 2 is 1.96 bits per heavy atom. The number of benzene rings is 1. The number of phenolic OH excluding ortho intramolecular Hbond substituents is 1. The first-order chi connectivity index (χ1) is 12.6. The van der Waals surface area contributed by atoms with Gasteiger partial charge in [0.1, 0.15) is 11.5 Å². The quantitative estimate of drug-likeness (QED) is 0.250. The fourth-order valence-corrected chi connectivity index (χ4v) is 2.79. The van der Waals surface area contributed by atoms with Crippen molar-refractivity contribution in [2.45, 2.75) is 18.8 Å². The summed E-state index contributed by atoms with van der Waals surface area (Å²) >= 11 is 0. The molecule has 1 aromatic carbocycles. The number of hydrogen-bond donors (Lipinski definition) is 4. The van der Waals surface area contributed by atoms with Crippen molar-refractivity contribution in [3.63, 3.8) is 0 Å². The molecular weight excluding hydrogens is 338 g/mol. The number of esters is 1. The number of nitrogens with one attached hydrogen (secondary N) is 3. The third-order valence-electron chi connectivity index (χ3n) is 4.09. The van der Waals surface area contributed by atoms with Crippen molar-refractivity contribution in [1.29, 1.82) is 0 Å². The van der Waals surface area contributed by atoms with E-state index in [1.165, 1.54) is 12.1 Å². The van der Waals surface area contributed by atoms with Gasteiger partial charge < -0.3 is 30.5 Å². The molecule has 0 fully saturated rings. The molecule has 1 aliphatic heterocycles. The van der Waals surface area contributed by atoms with Crippen molar-refractivity contribution in [2.24, 2.45) is 0 Å². The topological polar surface area (TPSA) is 109 Å². The summed E-state index contributed by atoms with van der Waals surface area (Å²) in [6.45, 7) is 4.35. The van der Waals surface area contributed by atoms with Crippen LogP contribution in [0.15, 0.2) is 18.2 Å². The Hall–Kier alpha value is -2.16. The molecule has 144 valence electrons. The van der Waals surface area contributed by atoms with E-state index in [4.69, 9.17) is 9.47 Å². The van der Waals surface area contributed by atoms with Gasteiger partial charge in [-0.25, -0.2) is 0 Å². The van der Waals surface area contributed by atoms with Crippen LogP contribution in [0.1, 0.15) is 24.3 Å². The van der Waals surface area contributed by atoms with Gasteiger partial charge in [-0.3, -0.25) is 9.59 Å². The Morgan fingerprint density at radius 3 is 2.73 bits per heavy atom. The Morgan fingerprint density at radius 1 is 1.23 bits per heavy atom. The highest BCUT2D eigenvalue weighted by molar-refractivity contribution is 5.81. The predicted molar refractivity (Wildman–Crippen MR) is 96.3 cm³/mol. The van der Waals surface area contributed by atoms with Crippen LogP contribution in [0.25, 0.3) is 0 Å². The Bertz CT molecular complexity index is 608. The number of amides is 1. The van der Waals surface area contributed by atoms with Gasteiger partial charge in [0.05, 0.1) is 13.0 Å². The van der Waals surface area contributed by atoms with E-state index < -0.39 is 0 Å². The van der Waals surface area contributed by atoms with Gasteiger partial charge in [-0.05, 0) is 11.6 Å². The number of phenols is 1. The Labute approximate surface area is 153 Å². The summed E-state index contributed by atoms with van der Waals surface area (Å²) in [5.74, 6) is -0.358. The lowest BCUT2D eigenvalue weighted by atomic mass is 9.89. The summed E-state index contributed by atoms with van der Waals surface area (Å²) in [4.78, 5) is 23.8. The van der Waals surface area contributed by atoms with Crippen LogP contribution < -0.4 is 20.7 Å². The van der Waals surface area contributed by atoms with Gasteiger partial charge in [-0.2, -0.15) is 0 Å². The summed E-state index contributed by atoms with van der Waals surface area (Å²) in [5.41, 5.74) is 0.776. The van der Waals surface area contributed by atoms with Crippen molar-refractivity contribution in [3.05, 3.63) is 23.8 Å². The van der Waals surface area contributed by atoms with Gasteiger partial charge in [0.2, 0.25) is 5.91 Å². The van der Waals surface area contributed by atoms with E-state index >= 15 is 0 Å². The second-order valence-electron chi connectivity index (χ2n) is 6.14. The van der Waals surface area contributed by atoms with E-state index in [1.807, 2.05) is 0 Å². The smallest absolute Gasteiger partial charge is 0.311 e. The van der Waals surface area contributed by atoms with E-state index in [-0.39, 0.29) is 36.4 Å². The Balaban J connectivity index is 1.66. The number of methoxy groups -OCH3 is 1. The minimum absolute atomic E-state index is 0.0319. The summed E-state index contributed by atoms with van der Waals surface area (Å²) in [5, 5.41) is 18.8. The third kappa shape index (κ3) is 6.62. The molecule has 0 bridgehead atoms. The fourth-order valence-electron chi connectivity index (χ4n) is 2.79. The third-order valence-corrected chi connectivity index (χ3v) is 4.09. The fraction of sp³-hybridized carbons (Fsp3) is 0.556. The molecular formula is C18H27N3O5. The highest BCUT2D eigenvalue weighted by atomic mass is 16.5. The molecule has 1 atom stereocenters. The number of carbonyl (C=O) groups is 2. The van der Waals surface area contributed by atoms with Crippen molar-refractivity contribution >= 4 is 11.9 Å². The highest BCUT2D eigenvalue weighted by Crippen LogP contribution is 2.38. The van der Waals surface area contributed by atoms with Gasteiger partial charge in [-0.15, -0.1) is 0 Å². The van der Waals surface area contributed by atoms with Crippen LogP contribution >= 0.6 is 0 Å². The zero-order valence-electron chi connectivity index (χ0n) is 15.0. The van der Waals surface area contributed by atoms with Crippen molar-refractivity contribution in [2.75, 3.05) is 46.4 Å². The Kier molecular flexibility index (Phi) is 8.33. The second-order valence-corrected chi connectivity index (χ2v) is 6.14. The molecule has 8 nitrogen and oxygen atoms in total. The molecule has 0 aliphatic carbocycles. The first kappa shape index (κ1) is 20.2. The molecule has 0 spiro atoms. The van der Waals surface area contributed by atoms with Gasteiger partial charge in [0.15, 0.2) is 0 Å². The van der Waals surface area contributed by atoms with E-state index in [1.54, 1.807) is 13.2 Å². The minimum atomic E-state index is -0.386. The zero-order valence-corrected chi connectivity index (χ0v) is 15.0. The maximum atomic E-state index is 12.1. The molecule has 26 heavy (non-hydrogen) atoms. The summed E-state index contributed by atoms with van der Waals surface area (Å²) < 4.78 is 10.1. The molecule has 0 aromatic heterocycles. The molecule has 4 N–H and O–H groups in total. The average molecular weight is 365 g/mol.